The van der Waals surface area contributed by atoms with E-state index in [0.29, 0.717) is 17.7 Å². The highest BCUT2D eigenvalue weighted by atomic mass is 32.1. The van der Waals surface area contributed by atoms with Crippen LogP contribution in [0.2, 0.25) is 0 Å². The molecule has 1 aromatic carbocycles. The SMILES string of the molecule is Cc1ccc(C(=O)Cc2cccs2)cc1N. The minimum atomic E-state index is 0.120. The van der Waals surface area contributed by atoms with Gasteiger partial charge in [0.05, 0.1) is 0 Å². The summed E-state index contributed by atoms with van der Waals surface area (Å²) < 4.78 is 0. The maximum atomic E-state index is 11.9. The van der Waals surface area contributed by atoms with E-state index in [-0.39, 0.29) is 5.78 Å². The third kappa shape index (κ3) is 2.31. The molecule has 0 spiro atoms. The van der Waals surface area contributed by atoms with Gasteiger partial charge in [-0.2, -0.15) is 0 Å². The lowest BCUT2D eigenvalue weighted by atomic mass is 10.0. The van der Waals surface area contributed by atoms with E-state index in [1.807, 2.05) is 36.6 Å². The standard InChI is InChI=1S/C13H13NOS/c1-9-4-5-10(7-12(9)14)13(15)8-11-3-2-6-16-11/h2-7H,8,14H2,1H3. The van der Waals surface area contributed by atoms with Crippen LogP contribution >= 0.6 is 11.3 Å². The number of carbonyl (C=O) groups is 1. The zero-order chi connectivity index (χ0) is 11.5. The third-order valence-corrected chi connectivity index (χ3v) is 3.39. The Hall–Kier alpha value is -1.61. The van der Waals surface area contributed by atoms with Crippen LogP contribution in [0.5, 0.6) is 0 Å². The molecule has 0 radical (unpaired) electrons. The second-order valence-corrected chi connectivity index (χ2v) is 4.78. The highest BCUT2D eigenvalue weighted by Crippen LogP contribution is 2.16. The van der Waals surface area contributed by atoms with E-state index in [2.05, 4.69) is 0 Å². The first-order valence-corrected chi connectivity index (χ1v) is 5.96. The average molecular weight is 231 g/mol. The van der Waals surface area contributed by atoms with Crippen LogP contribution in [0.3, 0.4) is 0 Å². The number of thiophene rings is 1. The van der Waals surface area contributed by atoms with Crippen molar-refractivity contribution in [3.63, 3.8) is 0 Å². The maximum Gasteiger partial charge on any atom is 0.168 e. The summed E-state index contributed by atoms with van der Waals surface area (Å²) in [7, 11) is 0. The number of nitrogen functional groups attached to an aromatic ring is 1. The number of anilines is 1. The number of rotatable bonds is 3. The van der Waals surface area contributed by atoms with E-state index in [0.717, 1.165) is 10.4 Å². The van der Waals surface area contributed by atoms with Crippen molar-refractivity contribution in [1.82, 2.24) is 0 Å². The summed E-state index contributed by atoms with van der Waals surface area (Å²) in [5, 5.41) is 1.98. The Morgan fingerprint density at radius 1 is 1.38 bits per heavy atom. The molecule has 0 bridgehead atoms. The molecule has 0 fully saturated rings. The highest BCUT2D eigenvalue weighted by Gasteiger charge is 2.08. The number of hydrogen-bond donors (Lipinski definition) is 1. The fraction of sp³-hybridized carbons (Fsp3) is 0.154. The summed E-state index contributed by atoms with van der Waals surface area (Å²) in [5.41, 5.74) is 8.16. The molecule has 0 amide bonds. The van der Waals surface area contributed by atoms with Crippen LogP contribution in [0.25, 0.3) is 0 Å². The number of hydrogen-bond acceptors (Lipinski definition) is 3. The molecule has 0 saturated carbocycles. The van der Waals surface area contributed by atoms with Crippen LogP contribution in [0, 0.1) is 6.92 Å². The summed E-state index contributed by atoms with van der Waals surface area (Å²) in [6.07, 6.45) is 0.458. The number of carbonyl (C=O) groups excluding carboxylic acids is 1. The fourth-order valence-corrected chi connectivity index (χ4v) is 2.19. The summed E-state index contributed by atoms with van der Waals surface area (Å²) >= 11 is 1.60. The van der Waals surface area contributed by atoms with Crippen LogP contribution in [-0.2, 0) is 6.42 Å². The molecule has 1 heterocycles. The first-order chi connectivity index (χ1) is 7.66. The molecule has 2 aromatic rings. The molecule has 0 aliphatic heterocycles. The van der Waals surface area contributed by atoms with E-state index < -0.39 is 0 Å². The summed E-state index contributed by atoms with van der Waals surface area (Å²) in [6, 6.07) is 9.40. The van der Waals surface area contributed by atoms with Crippen LogP contribution in [0.1, 0.15) is 20.8 Å². The Kier molecular flexibility index (Phi) is 3.06. The van der Waals surface area contributed by atoms with Crippen molar-refractivity contribution < 1.29 is 4.79 Å². The van der Waals surface area contributed by atoms with E-state index in [9.17, 15) is 4.79 Å². The van der Waals surface area contributed by atoms with E-state index in [4.69, 9.17) is 5.73 Å². The Morgan fingerprint density at radius 2 is 2.19 bits per heavy atom. The molecule has 0 atom stereocenters. The van der Waals surface area contributed by atoms with Crippen molar-refractivity contribution in [3.8, 4) is 0 Å². The fourth-order valence-electron chi connectivity index (χ4n) is 1.49. The Balaban J connectivity index is 2.18. The molecular weight excluding hydrogens is 218 g/mol. The average Bonchev–Trinajstić information content (AvgIpc) is 2.74. The van der Waals surface area contributed by atoms with Gasteiger partial charge in [0.15, 0.2) is 5.78 Å². The predicted molar refractivity (Wildman–Crippen MR) is 67.9 cm³/mol. The third-order valence-electron chi connectivity index (χ3n) is 2.52. The van der Waals surface area contributed by atoms with Crippen LogP contribution in [0.15, 0.2) is 35.7 Å². The van der Waals surface area contributed by atoms with Gasteiger partial charge in [-0.25, -0.2) is 0 Å². The van der Waals surface area contributed by atoms with Gasteiger partial charge in [0.1, 0.15) is 0 Å². The summed E-state index contributed by atoms with van der Waals surface area (Å²) in [6.45, 7) is 1.93. The monoisotopic (exact) mass is 231 g/mol. The highest BCUT2D eigenvalue weighted by molar-refractivity contribution is 7.10. The number of aryl methyl sites for hydroxylation is 1. The molecule has 3 heteroatoms. The van der Waals surface area contributed by atoms with Crippen molar-refractivity contribution in [2.45, 2.75) is 13.3 Å². The number of benzene rings is 1. The predicted octanol–water partition coefficient (Wildman–Crippen LogP) is 3.06. The van der Waals surface area contributed by atoms with Gasteiger partial charge >= 0.3 is 0 Å². The van der Waals surface area contributed by atoms with Crippen molar-refractivity contribution in [1.29, 1.82) is 0 Å². The second-order valence-electron chi connectivity index (χ2n) is 3.75. The lowest BCUT2D eigenvalue weighted by Gasteiger charge is -2.03. The normalized spacial score (nSPS) is 10.3. The van der Waals surface area contributed by atoms with Gasteiger partial charge in [-0.1, -0.05) is 18.2 Å². The van der Waals surface area contributed by atoms with Crippen LogP contribution < -0.4 is 5.73 Å². The lowest BCUT2D eigenvalue weighted by Crippen LogP contribution is -2.03. The largest absolute Gasteiger partial charge is 0.398 e. The van der Waals surface area contributed by atoms with Gasteiger partial charge in [0.2, 0.25) is 0 Å². The minimum absolute atomic E-state index is 0.120. The van der Waals surface area contributed by atoms with Gasteiger partial charge in [-0.3, -0.25) is 4.79 Å². The molecule has 0 saturated heterocycles. The van der Waals surface area contributed by atoms with Gasteiger partial charge in [0.25, 0.3) is 0 Å². The van der Waals surface area contributed by atoms with E-state index in [1.165, 1.54) is 0 Å². The van der Waals surface area contributed by atoms with E-state index >= 15 is 0 Å². The van der Waals surface area contributed by atoms with Gasteiger partial charge < -0.3 is 5.73 Å². The molecule has 0 aliphatic rings. The Morgan fingerprint density at radius 3 is 2.81 bits per heavy atom. The topological polar surface area (TPSA) is 43.1 Å². The maximum absolute atomic E-state index is 11.9. The molecule has 0 aliphatic carbocycles. The van der Waals surface area contributed by atoms with Gasteiger partial charge in [0, 0.05) is 22.5 Å². The number of ketones is 1. The Bertz CT molecular complexity index is 503. The van der Waals surface area contributed by atoms with Gasteiger partial charge in [-0.05, 0) is 30.0 Å². The van der Waals surface area contributed by atoms with Crippen molar-refractivity contribution in [2.75, 3.05) is 5.73 Å². The lowest BCUT2D eigenvalue weighted by molar-refractivity contribution is 0.0994. The quantitative estimate of drug-likeness (QED) is 0.651. The van der Waals surface area contributed by atoms with Gasteiger partial charge in [-0.15, -0.1) is 11.3 Å². The molecule has 0 unspecified atom stereocenters. The van der Waals surface area contributed by atoms with Crippen LogP contribution in [-0.4, -0.2) is 5.78 Å². The minimum Gasteiger partial charge on any atom is -0.398 e. The molecule has 2 rings (SSSR count). The zero-order valence-corrected chi connectivity index (χ0v) is 9.88. The first-order valence-electron chi connectivity index (χ1n) is 5.08. The summed E-state index contributed by atoms with van der Waals surface area (Å²) in [5.74, 6) is 0.120. The Labute approximate surface area is 98.7 Å². The summed E-state index contributed by atoms with van der Waals surface area (Å²) in [4.78, 5) is 13.0. The molecule has 82 valence electrons. The molecule has 16 heavy (non-hydrogen) atoms. The first kappa shape index (κ1) is 10.9. The number of nitrogens with two attached hydrogens (primary N) is 1. The molecule has 1 aromatic heterocycles. The molecular formula is C13H13NOS. The second kappa shape index (κ2) is 4.49. The zero-order valence-electron chi connectivity index (χ0n) is 9.07. The molecule has 2 N–H and O–H groups in total. The van der Waals surface area contributed by atoms with Crippen molar-refractivity contribution in [3.05, 3.63) is 51.7 Å². The van der Waals surface area contributed by atoms with Crippen LogP contribution in [0.4, 0.5) is 5.69 Å². The smallest absolute Gasteiger partial charge is 0.168 e. The van der Waals surface area contributed by atoms with Crippen molar-refractivity contribution >= 4 is 22.8 Å². The molecule has 2 nitrogen and oxygen atoms in total. The number of Topliss-reactive ketones (excluding diaryl/α,β-unsaturated/α-hetero) is 1. The van der Waals surface area contributed by atoms with Crippen molar-refractivity contribution in [2.24, 2.45) is 0 Å². The van der Waals surface area contributed by atoms with E-state index in [1.54, 1.807) is 17.4 Å².